The molecule has 0 saturated carbocycles. The van der Waals surface area contributed by atoms with Crippen LogP contribution in [-0.4, -0.2) is 34.5 Å². The molecule has 1 heterocycles. The van der Waals surface area contributed by atoms with Crippen molar-refractivity contribution in [2.45, 2.75) is 26.3 Å². The molecule has 0 spiro atoms. The zero-order valence-corrected chi connectivity index (χ0v) is 11.1. The number of carboxylic acid groups (broad SMARTS) is 1. The van der Waals surface area contributed by atoms with E-state index >= 15 is 0 Å². The SMILES string of the molecule is CCOC(=O)CCC(=O)NCc1cc(C(=O)O)ccn1. The summed E-state index contributed by atoms with van der Waals surface area (Å²) >= 11 is 0. The highest BCUT2D eigenvalue weighted by Gasteiger charge is 2.08. The minimum atomic E-state index is -1.05. The van der Waals surface area contributed by atoms with E-state index < -0.39 is 11.9 Å². The van der Waals surface area contributed by atoms with Crippen molar-refractivity contribution in [2.75, 3.05) is 6.61 Å². The van der Waals surface area contributed by atoms with Crippen LogP contribution in [0.3, 0.4) is 0 Å². The van der Waals surface area contributed by atoms with Crippen LogP contribution in [-0.2, 0) is 20.9 Å². The first-order valence-electron chi connectivity index (χ1n) is 6.13. The summed E-state index contributed by atoms with van der Waals surface area (Å²) < 4.78 is 4.70. The maximum Gasteiger partial charge on any atom is 0.335 e. The zero-order chi connectivity index (χ0) is 15.0. The number of aromatic nitrogens is 1. The number of carbonyl (C=O) groups excluding carboxylic acids is 2. The Morgan fingerprint density at radius 3 is 2.75 bits per heavy atom. The zero-order valence-electron chi connectivity index (χ0n) is 11.1. The van der Waals surface area contributed by atoms with Crippen LogP contribution < -0.4 is 5.32 Å². The number of carbonyl (C=O) groups is 3. The van der Waals surface area contributed by atoms with Crippen LogP contribution in [0.5, 0.6) is 0 Å². The predicted octanol–water partition coefficient (Wildman–Crippen LogP) is 0.739. The maximum atomic E-state index is 11.5. The summed E-state index contributed by atoms with van der Waals surface area (Å²) in [6, 6.07) is 2.75. The number of nitrogens with zero attached hydrogens (tertiary/aromatic N) is 1. The van der Waals surface area contributed by atoms with Gasteiger partial charge in [-0.1, -0.05) is 0 Å². The molecule has 0 unspecified atom stereocenters. The van der Waals surface area contributed by atoms with E-state index in [0.717, 1.165) is 0 Å². The first-order valence-corrected chi connectivity index (χ1v) is 6.13. The van der Waals surface area contributed by atoms with Crippen molar-refractivity contribution in [1.29, 1.82) is 0 Å². The third kappa shape index (κ3) is 5.47. The highest BCUT2D eigenvalue weighted by Crippen LogP contribution is 2.02. The third-order valence-corrected chi connectivity index (χ3v) is 2.39. The molecule has 1 rings (SSSR count). The van der Waals surface area contributed by atoms with E-state index in [0.29, 0.717) is 5.69 Å². The number of carboxylic acids is 1. The Balaban J connectivity index is 2.39. The standard InChI is InChI=1S/C13H16N2O5/c1-2-20-12(17)4-3-11(16)15-8-10-7-9(13(18)19)5-6-14-10/h5-7H,2-4,8H2,1H3,(H,15,16)(H,18,19). The molecule has 20 heavy (non-hydrogen) atoms. The predicted molar refractivity (Wildman–Crippen MR) is 68.9 cm³/mol. The molecule has 1 amide bonds. The minimum Gasteiger partial charge on any atom is -0.478 e. The van der Waals surface area contributed by atoms with Gasteiger partial charge in [0.1, 0.15) is 0 Å². The van der Waals surface area contributed by atoms with Gasteiger partial charge in [-0.2, -0.15) is 0 Å². The molecular formula is C13H16N2O5. The second-order valence-electron chi connectivity index (χ2n) is 3.92. The van der Waals surface area contributed by atoms with Gasteiger partial charge in [0.15, 0.2) is 0 Å². The molecule has 0 aliphatic carbocycles. The maximum absolute atomic E-state index is 11.5. The van der Waals surface area contributed by atoms with Gasteiger partial charge in [-0.05, 0) is 19.1 Å². The second kappa shape index (κ2) is 7.88. The Morgan fingerprint density at radius 1 is 1.35 bits per heavy atom. The summed E-state index contributed by atoms with van der Waals surface area (Å²) in [4.78, 5) is 37.3. The van der Waals surface area contributed by atoms with E-state index in [4.69, 9.17) is 9.84 Å². The molecular weight excluding hydrogens is 264 g/mol. The van der Waals surface area contributed by atoms with Gasteiger partial charge in [0.2, 0.25) is 5.91 Å². The van der Waals surface area contributed by atoms with Crippen molar-refractivity contribution >= 4 is 17.8 Å². The number of hydrogen-bond donors (Lipinski definition) is 2. The van der Waals surface area contributed by atoms with Crippen molar-refractivity contribution < 1.29 is 24.2 Å². The molecule has 1 aromatic rings. The van der Waals surface area contributed by atoms with Crippen molar-refractivity contribution in [1.82, 2.24) is 10.3 Å². The van der Waals surface area contributed by atoms with Gasteiger partial charge in [0, 0.05) is 12.6 Å². The number of amides is 1. The topological polar surface area (TPSA) is 106 Å². The average molecular weight is 280 g/mol. The molecule has 7 nitrogen and oxygen atoms in total. The highest BCUT2D eigenvalue weighted by atomic mass is 16.5. The summed E-state index contributed by atoms with van der Waals surface area (Å²) in [7, 11) is 0. The van der Waals surface area contributed by atoms with Crippen LogP contribution in [0.15, 0.2) is 18.3 Å². The van der Waals surface area contributed by atoms with Crippen LogP contribution in [0.1, 0.15) is 35.8 Å². The molecule has 2 N–H and O–H groups in total. The van der Waals surface area contributed by atoms with Crippen molar-refractivity contribution in [2.24, 2.45) is 0 Å². The summed E-state index contributed by atoms with van der Waals surface area (Å²) in [6.45, 7) is 2.09. The van der Waals surface area contributed by atoms with Gasteiger partial charge in [0.25, 0.3) is 0 Å². The second-order valence-corrected chi connectivity index (χ2v) is 3.92. The summed E-state index contributed by atoms with van der Waals surface area (Å²) in [5, 5.41) is 11.4. The van der Waals surface area contributed by atoms with E-state index in [9.17, 15) is 14.4 Å². The number of ether oxygens (including phenoxy) is 1. The molecule has 0 aliphatic heterocycles. The lowest BCUT2D eigenvalue weighted by Crippen LogP contribution is -2.24. The molecule has 0 aliphatic rings. The summed E-state index contributed by atoms with van der Waals surface area (Å²) in [6.07, 6.45) is 1.41. The Labute approximate surface area is 116 Å². The molecule has 0 fully saturated rings. The molecule has 0 aromatic carbocycles. The number of pyridine rings is 1. The average Bonchev–Trinajstić information content (AvgIpc) is 2.43. The fourth-order valence-corrected chi connectivity index (χ4v) is 1.43. The highest BCUT2D eigenvalue weighted by molar-refractivity contribution is 5.87. The van der Waals surface area contributed by atoms with E-state index in [1.807, 2.05) is 0 Å². The van der Waals surface area contributed by atoms with E-state index in [-0.39, 0.29) is 37.5 Å². The van der Waals surface area contributed by atoms with Crippen LogP contribution in [0.2, 0.25) is 0 Å². The molecule has 1 aromatic heterocycles. The van der Waals surface area contributed by atoms with Crippen molar-refractivity contribution in [3.8, 4) is 0 Å². The number of esters is 1. The lowest BCUT2D eigenvalue weighted by Gasteiger charge is -2.05. The van der Waals surface area contributed by atoms with Crippen LogP contribution in [0.25, 0.3) is 0 Å². The summed E-state index contributed by atoms with van der Waals surface area (Å²) in [5.41, 5.74) is 0.546. The largest absolute Gasteiger partial charge is 0.478 e. The van der Waals surface area contributed by atoms with E-state index in [1.54, 1.807) is 6.92 Å². The molecule has 0 radical (unpaired) electrons. The fraction of sp³-hybridized carbons (Fsp3) is 0.385. The molecule has 7 heteroatoms. The van der Waals surface area contributed by atoms with Gasteiger partial charge in [-0.25, -0.2) is 4.79 Å². The molecule has 0 saturated heterocycles. The van der Waals surface area contributed by atoms with Crippen LogP contribution in [0.4, 0.5) is 0 Å². The first kappa shape index (κ1) is 15.6. The van der Waals surface area contributed by atoms with Gasteiger partial charge in [-0.15, -0.1) is 0 Å². The van der Waals surface area contributed by atoms with Crippen molar-refractivity contribution in [3.63, 3.8) is 0 Å². The Hall–Kier alpha value is -2.44. The molecule has 0 bridgehead atoms. The van der Waals surface area contributed by atoms with Crippen molar-refractivity contribution in [3.05, 3.63) is 29.6 Å². The van der Waals surface area contributed by atoms with Crippen LogP contribution in [0, 0.1) is 0 Å². The fourth-order valence-electron chi connectivity index (χ4n) is 1.43. The monoisotopic (exact) mass is 280 g/mol. The lowest BCUT2D eigenvalue weighted by atomic mass is 10.2. The molecule has 0 atom stereocenters. The normalized spacial score (nSPS) is 9.85. The number of rotatable bonds is 7. The van der Waals surface area contributed by atoms with Gasteiger partial charge in [0.05, 0.1) is 30.8 Å². The number of aromatic carboxylic acids is 1. The van der Waals surface area contributed by atoms with Crippen LogP contribution >= 0.6 is 0 Å². The minimum absolute atomic E-state index is 0.0161. The Bertz CT molecular complexity index is 501. The third-order valence-electron chi connectivity index (χ3n) is 2.39. The summed E-state index contributed by atoms with van der Waals surface area (Å²) in [5.74, 6) is -1.79. The number of nitrogens with one attached hydrogen (secondary N) is 1. The quantitative estimate of drug-likeness (QED) is 0.713. The lowest BCUT2D eigenvalue weighted by molar-refractivity contribution is -0.144. The van der Waals surface area contributed by atoms with Gasteiger partial charge >= 0.3 is 11.9 Å². The van der Waals surface area contributed by atoms with E-state index in [2.05, 4.69) is 10.3 Å². The Kier molecular flexibility index (Phi) is 6.15. The van der Waals surface area contributed by atoms with E-state index in [1.165, 1.54) is 18.3 Å². The Morgan fingerprint density at radius 2 is 2.10 bits per heavy atom. The number of hydrogen-bond acceptors (Lipinski definition) is 5. The first-order chi connectivity index (χ1) is 9.52. The van der Waals surface area contributed by atoms with Gasteiger partial charge in [-0.3, -0.25) is 14.6 Å². The smallest absolute Gasteiger partial charge is 0.335 e. The van der Waals surface area contributed by atoms with Gasteiger partial charge < -0.3 is 15.2 Å². The molecule has 108 valence electrons.